The van der Waals surface area contributed by atoms with Crippen LogP contribution in [0.2, 0.25) is 0 Å². The van der Waals surface area contributed by atoms with Crippen LogP contribution in [0.3, 0.4) is 0 Å². The molecule has 0 aliphatic heterocycles. The SMILES string of the molecule is COP(=O)(OC(=O)c1cccc(C=Cc2cccc(C(=O)O)c2)c1)OP(=O)(O)O. The van der Waals surface area contributed by atoms with Gasteiger partial charge in [-0.25, -0.2) is 18.7 Å². The van der Waals surface area contributed by atoms with E-state index in [4.69, 9.17) is 14.9 Å². The number of hydrogen-bond acceptors (Lipinski definition) is 7. The molecule has 0 saturated carbocycles. The van der Waals surface area contributed by atoms with Gasteiger partial charge in [-0.2, -0.15) is 4.31 Å². The van der Waals surface area contributed by atoms with Gasteiger partial charge in [-0.15, -0.1) is 0 Å². The van der Waals surface area contributed by atoms with Crippen LogP contribution >= 0.6 is 15.6 Å². The lowest BCUT2D eigenvalue weighted by Crippen LogP contribution is -2.06. The Bertz CT molecular complexity index is 1040. The molecule has 0 saturated heterocycles. The van der Waals surface area contributed by atoms with Gasteiger partial charge in [0.2, 0.25) is 0 Å². The van der Waals surface area contributed by atoms with Crippen molar-refractivity contribution in [3.8, 4) is 0 Å². The van der Waals surface area contributed by atoms with Crippen molar-refractivity contribution in [3.63, 3.8) is 0 Å². The lowest BCUT2D eigenvalue weighted by Gasteiger charge is -2.15. The summed E-state index contributed by atoms with van der Waals surface area (Å²) >= 11 is 0. The van der Waals surface area contributed by atoms with E-state index in [0.29, 0.717) is 11.1 Å². The van der Waals surface area contributed by atoms with E-state index in [0.717, 1.165) is 7.11 Å². The van der Waals surface area contributed by atoms with E-state index >= 15 is 0 Å². The van der Waals surface area contributed by atoms with Crippen molar-refractivity contribution in [2.75, 3.05) is 7.11 Å². The number of rotatable bonds is 8. The first-order chi connectivity index (χ1) is 13.5. The number of carboxylic acid groups (broad SMARTS) is 1. The van der Waals surface area contributed by atoms with Gasteiger partial charge in [0.25, 0.3) is 0 Å². The van der Waals surface area contributed by atoms with E-state index in [-0.39, 0.29) is 11.1 Å². The number of aromatic carboxylic acids is 1. The van der Waals surface area contributed by atoms with E-state index in [1.807, 2.05) is 0 Å². The summed E-state index contributed by atoms with van der Waals surface area (Å²) in [6, 6.07) is 12.0. The highest BCUT2D eigenvalue weighted by Crippen LogP contribution is 2.60. The van der Waals surface area contributed by atoms with Crippen molar-refractivity contribution >= 4 is 39.7 Å². The van der Waals surface area contributed by atoms with Crippen LogP contribution in [-0.4, -0.2) is 33.9 Å². The van der Waals surface area contributed by atoms with Crippen LogP contribution < -0.4 is 0 Å². The summed E-state index contributed by atoms with van der Waals surface area (Å²) in [6.07, 6.45) is 3.22. The van der Waals surface area contributed by atoms with Crippen LogP contribution in [0.15, 0.2) is 48.5 Å². The van der Waals surface area contributed by atoms with Gasteiger partial charge in [-0.1, -0.05) is 36.4 Å². The monoisotopic (exact) mass is 442 g/mol. The number of carbonyl (C=O) groups excluding carboxylic acids is 1. The van der Waals surface area contributed by atoms with Gasteiger partial charge < -0.3 is 19.4 Å². The second-order valence-electron chi connectivity index (χ2n) is 5.47. The summed E-state index contributed by atoms with van der Waals surface area (Å²) in [7, 11) is -9.26. The van der Waals surface area contributed by atoms with E-state index in [9.17, 15) is 18.7 Å². The first-order valence-corrected chi connectivity index (χ1v) is 10.8. The third-order valence-corrected chi connectivity index (χ3v) is 5.84. The Kier molecular flexibility index (Phi) is 7.26. The van der Waals surface area contributed by atoms with Gasteiger partial charge >= 0.3 is 27.6 Å². The van der Waals surface area contributed by atoms with E-state index in [1.165, 1.54) is 30.3 Å². The number of hydrogen-bond donors (Lipinski definition) is 3. The number of benzene rings is 2. The Morgan fingerprint density at radius 1 is 0.931 bits per heavy atom. The standard InChI is InChI=1S/C17H16O10P2/c1-25-29(24,27-28(21,22)23)26-17(20)15-7-3-5-13(11-15)9-8-12-4-2-6-14(10-12)16(18)19/h2-11H,1H3,(H,18,19)(H2,21,22,23). The van der Waals surface area contributed by atoms with Crippen LogP contribution in [-0.2, 0) is 22.5 Å². The molecule has 0 fully saturated rings. The fourth-order valence-electron chi connectivity index (χ4n) is 2.11. The second-order valence-corrected chi connectivity index (χ2v) is 8.55. The number of phosphoric ester groups is 1. The van der Waals surface area contributed by atoms with Gasteiger partial charge in [-0.05, 0) is 35.4 Å². The van der Waals surface area contributed by atoms with Crippen LogP contribution in [0.1, 0.15) is 31.8 Å². The van der Waals surface area contributed by atoms with Gasteiger partial charge in [-0.3, -0.25) is 4.52 Å². The number of carbonyl (C=O) groups is 2. The van der Waals surface area contributed by atoms with Crippen molar-refractivity contribution < 1.29 is 47.0 Å². The molecule has 0 aromatic heterocycles. The normalized spacial score (nSPS) is 13.8. The lowest BCUT2D eigenvalue weighted by atomic mass is 10.1. The zero-order valence-electron chi connectivity index (χ0n) is 14.9. The minimum absolute atomic E-state index is 0.0852. The van der Waals surface area contributed by atoms with Gasteiger partial charge in [0.05, 0.1) is 11.1 Å². The minimum Gasteiger partial charge on any atom is -0.478 e. The molecular formula is C17H16O10P2. The molecule has 0 heterocycles. The highest BCUT2D eigenvalue weighted by molar-refractivity contribution is 7.61. The summed E-state index contributed by atoms with van der Waals surface area (Å²) < 4.78 is 35.6. The molecule has 12 heteroatoms. The predicted molar refractivity (Wildman–Crippen MR) is 102 cm³/mol. The summed E-state index contributed by atoms with van der Waals surface area (Å²) in [6.45, 7) is 0. The fraction of sp³-hybridized carbons (Fsp3) is 0.0588. The maximum absolute atomic E-state index is 12.2. The molecule has 0 amide bonds. The fourth-order valence-corrected chi connectivity index (χ4v) is 3.93. The second kappa shape index (κ2) is 9.28. The topological polar surface area (TPSA) is 157 Å². The summed E-state index contributed by atoms with van der Waals surface area (Å²) in [4.78, 5) is 40.6. The molecule has 0 radical (unpaired) electrons. The summed E-state index contributed by atoms with van der Waals surface area (Å²) in [5.74, 6) is -2.25. The molecular weight excluding hydrogens is 426 g/mol. The molecule has 154 valence electrons. The molecule has 2 aromatic rings. The summed E-state index contributed by atoms with van der Waals surface area (Å²) in [5, 5.41) is 9.01. The van der Waals surface area contributed by atoms with Crippen LogP contribution in [0.4, 0.5) is 0 Å². The van der Waals surface area contributed by atoms with Crippen LogP contribution in [0.5, 0.6) is 0 Å². The maximum Gasteiger partial charge on any atom is 0.541 e. The van der Waals surface area contributed by atoms with Crippen molar-refractivity contribution in [3.05, 3.63) is 70.8 Å². The highest BCUT2D eigenvalue weighted by Gasteiger charge is 2.38. The number of carboxylic acids is 1. The molecule has 0 aliphatic carbocycles. The minimum atomic E-state index is -5.24. The molecule has 1 unspecified atom stereocenters. The molecule has 0 spiro atoms. The van der Waals surface area contributed by atoms with Crippen molar-refractivity contribution in [1.29, 1.82) is 0 Å². The van der Waals surface area contributed by atoms with E-state index < -0.39 is 27.6 Å². The van der Waals surface area contributed by atoms with Crippen LogP contribution in [0.25, 0.3) is 12.2 Å². The third kappa shape index (κ3) is 7.07. The van der Waals surface area contributed by atoms with Gasteiger partial charge in [0, 0.05) is 7.11 Å². The number of phosphoric acid groups is 2. The predicted octanol–water partition coefficient (Wildman–Crippen LogP) is 3.58. The molecule has 2 aromatic carbocycles. The molecule has 0 bridgehead atoms. The molecule has 10 nitrogen and oxygen atoms in total. The maximum atomic E-state index is 12.2. The quantitative estimate of drug-likeness (QED) is 0.408. The lowest BCUT2D eigenvalue weighted by molar-refractivity contribution is 0.0655. The highest BCUT2D eigenvalue weighted by atomic mass is 31.3. The molecule has 2 rings (SSSR count). The van der Waals surface area contributed by atoms with Crippen molar-refractivity contribution in [2.45, 2.75) is 0 Å². The van der Waals surface area contributed by atoms with Crippen molar-refractivity contribution in [1.82, 2.24) is 0 Å². The molecule has 3 N–H and O–H groups in total. The van der Waals surface area contributed by atoms with E-state index in [1.54, 1.807) is 30.4 Å². The Hall–Kier alpha value is -2.58. The smallest absolute Gasteiger partial charge is 0.478 e. The molecule has 1 atom stereocenters. The molecule has 0 aliphatic rings. The third-order valence-electron chi connectivity index (χ3n) is 3.35. The van der Waals surface area contributed by atoms with Crippen molar-refractivity contribution in [2.24, 2.45) is 0 Å². The molecule has 29 heavy (non-hydrogen) atoms. The average Bonchev–Trinajstić information content (AvgIpc) is 2.65. The average molecular weight is 442 g/mol. The first kappa shape index (κ1) is 22.7. The summed E-state index contributed by atoms with van der Waals surface area (Å²) in [5.41, 5.74) is 1.16. The Morgan fingerprint density at radius 3 is 1.93 bits per heavy atom. The Labute approximate surface area is 165 Å². The van der Waals surface area contributed by atoms with Gasteiger partial charge in [0.1, 0.15) is 0 Å². The Morgan fingerprint density at radius 2 is 1.45 bits per heavy atom. The van der Waals surface area contributed by atoms with Gasteiger partial charge in [0.15, 0.2) is 0 Å². The largest absolute Gasteiger partial charge is 0.541 e. The zero-order chi connectivity index (χ0) is 21.7. The Balaban J connectivity index is 2.19. The zero-order valence-corrected chi connectivity index (χ0v) is 16.7. The van der Waals surface area contributed by atoms with Crippen LogP contribution in [0, 0.1) is 0 Å². The van der Waals surface area contributed by atoms with E-state index in [2.05, 4.69) is 13.4 Å². The first-order valence-electron chi connectivity index (χ1n) is 7.79.